The first-order valence-electron chi connectivity index (χ1n) is 7.77. The highest BCUT2D eigenvalue weighted by atomic mass is 32.2. The van der Waals surface area contributed by atoms with E-state index in [-0.39, 0.29) is 22.9 Å². The van der Waals surface area contributed by atoms with Crippen molar-refractivity contribution >= 4 is 27.7 Å². The quantitative estimate of drug-likeness (QED) is 0.483. The lowest BCUT2D eigenvalue weighted by molar-refractivity contribution is -0.121. The maximum Gasteiger partial charge on any atom is 0.261 e. The van der Waals surface area contributed by atoms with Crippen LogP contribution in [0.25, 0.3) is 0 Å². The molecule has 146 valence electrons. The van der Waals surface area contributed by atoms with Gasteiger partial charge in [0.1, 0.15) is 22.2 Å². The van der Waals surface area contributed by atoms with Gasteiger partial charge in [-0.05, 0) is 36.4 Å². The first-order valence-corrected chi connectivity index (χ1v) is 10.2. The van der Waals surface area contributed by atoms with Crippen LogP contribution in [0.4, 0.5) is 4.39 Å². The zero-order valence-corrected chi connectivity index (χ0v) is 16.3. The standard InChI is InChI=1S/C17H19FN2O5S2/c1-24-13-5-8-15(25-2)16(11-13)27(22,23)20-19-17(21)9-10-26-14-6-3-12(18)4-7-14/h3-8,11,20H,9-10H2,1-2H3,(H,19,21). The highest BCUT2D eigenvalue weighted by molar-refractivity contribution is 7.99. The molecule has 0 atom stereocenters. The Labute approximate surface area is 161 Å². The number of thioether (sulfide) groups is 1. The molecular weight excluding hydrogens is 395 g/mol. The third-order valence-corrected chi connectivity index (χ3v) is 5.68. The molecule has 10 heteroatoms. The molecule has 0 saturated carbocycles. The summed E-state index contributed by atoms with van der Waals surface area (Å²) in [6, 6.07) is 10.2. The molecule has 1 amide bonds. The molecule has 2 aromatic carbocycles. The predicted octanol–water partition coefficient (Wildman–Crippen LogP) is 2.33. The van der Waals surface area contributed by atoms with Crippen molar-refractivity contribution in [2.24, 2.45) is 0 Å². The Hall–Kier alpha value is -2.30. The van der Waals surface area contributed by atoms with Gasteiger partial charge >= 0.3 is 0 Å². The number of halogens is 1. The third-order valence-electron chi connectivity index (χ3n) is 3.40. The summed E-state index contributed by atoms with van der Waals surface area (Å²) < 4.78 is 47.7. The molecule has 0 radical (unpaired) electrons. The molecule has 0 aromatic heterocycles. The van der Waals surface area contributed by atoms with Gasteiger partial charge in [-0.3, -0.25) is 10.2 Å². The normalized spacial score (nSPS) is 11.1. The van der Waals surface area contributed by atoms with E-state index in [0.717, 1.165) is 4.90 Å². The number of hydrogen-bond donors (Lipinski definition) is 2. The van der Waals surface area contributed by atoms with E-state index in [1.54, 1.807) is 18.2 Å². The molecule has 2 N–H and O–H groups in total. The molecule has 0 aliphatic rings. The topological polar surface area (TPSA) is 93.7 Å². The second-order valence-corrected chi connectivity index (χ2v) is 8.04. The van der Waals surface area contributed by atoms with Gasteiger partial charge < -0.3 is 9.47 Å². The Balaban J connectivity index is 1.90. The van der Waals surface area contributed by atoms with Gasteiger partial charge in [0.2, 0.25) is 5.91 Å². The van der Waals surface area contributed by atoms with Crippen LogP contribution in [0, 0.1) is 5.82 Å². The molecule has 0 aliphatic heterocycles. The minimum atomic E-state index is -4.05. The van der Waals surface area contributed by atoms with E-state index in [2.05, 4.69) is 5.43 Å². The average molecular weight is 414 g/mol. The van der Waals surface area contributed by atoms with Crippen molar-refractivity contribution in [3.8, 4) is 11.5 Å². The van der Waals surface area contributed by atoms with Gasteiger partial charge in [-0.1, -0.05) is 0 Å². The van der Waals surface area contributed by atoms with Gasteiger partial charge in [-0.15, -0.1) is 16.6 Å². The zero-order chi connectivity index (χ0) is 19.9. The highest BCUT2D eigenvalue weighted by Crippen LogP contribution is 2.27. The van der Waals surface area contributed by atoms with Gasteiger partial charge in [0, 0.05) is 23.1 Å². The Kier molecular flexibility index (Phi) is 7.45. The minimum absolute atomic E-state index is 0.0693. The van der Waals surface area contributed by atoms with Crippen LogP contribution in [0.3, 0.4) is 0 Å². The van der Waals surface area contributed by atoms with Crippen molar-refractivity contribution in [1.29, 1.82) is 0 Å². The lowest BCUT2D eigenvalue weighted by Crippen LogP contribution is -2.41. The molecule has 0 saturated heterocycles. The summed E-state index contributed by atoms with van der Waals surface area (Å²) >= 11 is 1.36. The van der Waals surface area contributed by atoms with Crippen LogP contribution in [0.1, 0.15) is 6.42 Å². The van der Waals surface area contributed by atoms with E-state index in [4.69, 9.17) is 9.47 Å². The first kappa shape index (κ1) is 21.0. The molecule has 0 aliphatic carbocycles. The fourth-order valence-corrected chi connectivity index (χ4v) is 3.93. The van der Waals surface area contributed by atoms with E-state index >= 15 is 0 Å². The summed E-state index contributed by atoms with van der Waals surface area (Å²) in [6.07, 6.45) is 0.0693. The van der Waals surface area contributed by atoms with Crippen LogP contribution < -0.4 is 19.7 Å². The maximum atomic E-state index is 12.8. The van der Waals surface area contributed by atoms with Crippen molar-refractivity contribution in [1.82, 2.24) is 10.3 Å². The number of hydrogen-bond acceptors (Lipinski definition) is 6. The number of carbonyl (C=O) groups is 1. The van der Waals surface area contributed by atoms with Crippen LogP contribution in [-0.4, -0.2) is 34.3 Å². The monoisotopic (exact) mass is 414 g/mol. The van der Waals surface area contributed by atoms with Crippen LogP contribution in [0.2, 0.25) is 0 Å². The van der Waals surface area contributed by atoms with Gasteiger partial charge in [-0.25, -0.2) is 12.8 Å². The third kappa shape index (κ3) is 6.12. The summed E-state index contributed by atoms with van der Waals surface area (Å²) in [5, 5.41) is 0. The minimum Gasteiger partial charge on any atom is -0.497 e. The SMILES string of the molecule is COc1ccc(OC)c(S(=O)(=O)NNC(=O)CCSc2ccc(F)cc2)c1. The summed E-state index contributed by atoms with van der Waals surface area (Å²) in [4.78, 5) is 14.6. The van der Waals surface area contributed by atoms with Crippen LogP contribution in [0.5, 0.6) is 11.5 Å². The van der Waals surface area contributed by atoms with Crippen molar-refractivity contribution < 1.29 is 27.1 Å². The average Bonchev–Trinajstić information content (AvgIpc) is 2.67. The molecule has 2 rings (SSSR count). The van der Waals surface area contributed by atoms with E-state index < -0.39 is 15.9 Å². The Morgan fingerprint density at radius 1 is 1.11 bits per heavy atom. The van der Waals surface area contributed by atoms with E-state index in [0.29, 0.717) is 11.5 Å². The summed E-state index contributed by atoms with van der Waals surface area (Å²) in [7, 11) is -1.30. The second-order valence-electron chi connectivity index (χ2n) is 5.22. The number of rotatable bonds is 9. The van der Waals surface area contributed by atoms with Gasteiger partial charge in [0.25, 0.3) is 10.0 Å². The van der Waals surface area contributed by atoms with E-state index in [9.17, 15) is 17.6 Å². The number of sulfonamides is 1. The molecular formula is C17H19FN2O5S2. The zero-order valence-electron chi connectivity index (χ0n) is 14.7. The maximum absolute atomic E-state index is 12.8. The van der Waals surface area contributed by atoms with Gasteiger partial charge in [-0.2, -0.15) is 0 Å². The number of methoxy groups -OCH3 is 2. The number of hydrazine groups is 1. The smallest absolute Gasteiger partial charge is 0.261 e. The lowest BCUT2D eigenvalue weighted by atomic mass is 10.3. The molecule has 2 aromatic rings. The Bertz CT molecular complexity index is 889. The number of benzene rings is 2. The van der Waals surface area contributed by atoms with Crippen molar-refractivity contribution in [2.45, 2.75) is 16.2 Å². The molecule has 0 unspecified atom stereocenters. The number of carbonyl (C=O) groups excluding carboxylic acids is 1. The lowest BCUT2D eigenvalue weighted by Gasteiger charge is -2.12. The summed E-state index contributed by atoms with van der Waals surface area (Å²) in [6.45, 7) is 0. The molecule has 0 spiro atoms. The van der Waals surface area contributed by atoms with E-state index in [1.165, 1.54) is 50.2 Å². The Morgan fingerprint density at radius 3 is 2.44 bits per heavy atom. The number of amides is 1. The number of ether oxygens (including phenoxy) is 2. The molecule has 27 heavy (non-hydrogen) atoms. The van der Waals surface area contributed by atoms with Crippen LogP contribution in [0.15, 0.2) is 52.3 Å². The molecule has 0 bridgehead atoms. The highest BCUT2D eigenvalue weighted by Gasteiger charge is 2.21. The Morgan fingerprint density at radius 2 is 1.81 bits per heavy atom. The second kappa shape index (κ2) is 9.58. The largest absolute Gasteiger partial charge is 0.497 e. The summed E-state index contributed by atoms with van der Waals surface area (Å²) in [5.41, 5.74) is 2.16. The van der Waals surface area contributed by atoms with Crippen LogP contribution in [-0.2, 0) is 14.8 Å². The van der Waals surface area contributed by atoms with Crippen molar-refractivity contribution in [2.75, 3.05) is 20.0 Å². The van der Waals surface area contributed by atoms with Crippen molar-refractivity contribution in [3.63, 3.8) is 0 Å². The first-order chi connectivity index (χ1) is 12.9. The van der Waals surface area contributed by atoms with E-state index in [1.807, 2.05) is 4.83 Å². The fraction of sp³-hybridized carbons (Fsp3) is 0.235. The van der Waals surface area contributed by atoms with Gasteiger partial charge in [0.15, 0.2) is 0 Å². The fourth-order valence-electron chi connectivity index (χ4n) is 2.03. The molecule has 0 fully saturated rings. The molecule has 7 nitrogen and oxygen atoms in total. The van der Waals surface area contributed by atoms with Crippen LogP contribution >= 0.6 is 11.8 Å². The van der Waals surface area contributed by atoms with Crippen molar-refractivity contribution in [3.05, 3.63) is 48.3 Å². The number of nitrogens with one attached hydrogen (secondary N) is 2. The van der Waals surface area contributed by atoms with Gasteiger partial charge in [0.05, 0.1) is 14.2 Å². The molecule has 0 heterocycles. The predicted molar refractivity (Wildman–Crippen MR) is 99.8 cm³/mol. The summed E-state index contributed by atoms with van der Waals surface area (Å²) in [5.74, 6) is 0.0129.